The molecule has 0 spiro atoms. The Kier molecular flexibility index (Phi) is 4.09. The summed E-state index contributed by atoms with van der Waals surface area (Å²) in [7, 11) is 1.68. The number of rotatable bonds is 3. The van der Waals surface area contributed by atoms with Gasteiger partial charge in [0.1, 0.15) is 0 Å². The van der Waals surface area contributed by atoms with E-state index in [4.69, 9.17) is 22.1 Å². The number of likely N-dealkylation sites (tertiary alicyclic amines) is 1. The van der Waals surface area contributed by atoms with Gasteiger partial charge in [0.2, 0.25) is 0 Å². The SMILES string of the molecule is COCC1CCN(C(=O)c2ccc(N)c(Cl)c2)C1. The number of hydrogen-bond donors (Lipinski definition) is 1. The van der Waals surface area contributed by atoms with Crippen LogP contribution in [-0.4, -0.2) is 37.6 Å². The van der Waals surface area contributed by atoms with Crippen molar-refractivity contribution >= 4 is 23.2 Å². The molecule has 1 heterocycles. The largest absolute Gasteiger partial charge is 0.398 e. The summed E-state index contributed by atoms with van der Waals surface area (Å²) in [6.07, 6.45) is 0.988. The molecule has 1 aliphatic rings. The Hall–Kier alpha value is -1.26. The molecular weight excluding hydrogens is 252 g/mol. The van der Waals surface area contributed by atoms with Gasteiger partial charge in [0.15, 0.2) is 0 Å². The van der Waals surface area contributed by atoms with Crippen LogP contribution in [0.2, 0.25) is 5.02 Å². The van der Waals surface area contributed by atoms with Gasteiger partial charge in [-0.05, 0) is 24.6 Å². The minimum absolute atomic E-state index is 0.00973. The second kappa shape index (κ2) is 5.59. The molecule has 1 unspecified atom stereocenters. The standard InChI is InChI=1S/C13H17ClN2O2/c1-18-8-9-4-5-16(7-9)13(17)10-2-3-12(15)11(14)6-10/h2-3,6,9H,4-5,7-8,15H2,1H3. The second-order valence-corrected chi connectivity index (χ2v) is 5.00. The van der Waals surface area contributed by atoms with Crippen LogP contribution < -0.4 is 5.73 Å². The van der Waals surface area contributed by atoms with Crippen LogP contribution in [0.25, 0.3) is 0 Å². The van der Waals surface area contributed by atoms with Crippen LogP contribution in [0, 0.1) is 5.92 Å². The van der Waals surface area contributed by atoms with Gasteiger partial charge in [-0.25, -0.2) is 0 Å². The number of halogens is 1. The molecule has 0 saturated carbocycles. The maximum atomic E-state index is 12.2. The van der Waals surface area contributed by atoms with Crippen molar-refractivity contribution in [1.82, 2.24) is 4.90 Å². The van der Waals surface area contributed by atoms with Crippen LogP contribution in [0.3, 0.4) is 0 Å². The molecule has 0 bridgehead atoms. The number of benzene rings is 1. The second-order valence-electron chi connectivity index (χ2n) is 4.60. The molecule has 1 fully saturated rings. The van der Waals surface area contributed by atoms with Crippen LogP contribution in [0.5, 0.6) is 0 Å². The summed E-state index contributed by atoms with van der Waals surface area (Å²) in [5.74, 6) is 0.443. The number of anilines is 1. The van der Waals surface area contributed by atoms with E-state index in [0.29, 0.717) is 28.8 Å². The number of nitrogens with two attached hydrogens (primary N) is 1. The van der Waals surface area contributed by atoms with Crippen molar-refractivity contribution in [1.29, 1.82) is 0 Å². The van der Waals surface area contributed by atoms with Crippen LogP contribution >= 0.6 is 11.6 Å². The highest BCUT2D eigenvalue weighted by molar-refractivity contribution is 6.33. The smallest absolute Gasteiger partial charge is 0.253 e. The van der Waals surface area contributed by atoms with E-state index in [-0.39, 0.29) is 5.91 Å². The van der Waals surface area contributed by atoms with Crippen molar-refractivity contribution < 1.29 is 9.53 Å². The molecule has 98 valence electrons. The van der Waals surface area contributed by atoms with Crippen molar-refractivity contribution in [2.24, 2.45) is 5.92 Å². The zero-order valence-corrected chi connectivity index (χ0v) is 11.1. The maximum Gasteiger partial charge on any atom is 0.253 e. The van der Waals surface area contributed by atoms with Crippen molar-refractivity contribution in [3.8, 4) is 0 Å². The monoisotopic (exact) mass is 268 g/mol. The van der Waals surface area contributed by atoms with Gasteiger partial charge in [-0.15, -0.1) is 0 Å². The molecule has 1 aromatic rings. The summed E-state index contributed by atoms with van der Waals surface area (Å²) >= 11 is 5.93. The van der Waals surface area contributed by atoms with E-state index in [2.05, 4.69) is 0 Å². The molecule has 4 nitrogen and oxygen atoms in total. The minimum Gasteiger partial charge on any atom is -0.398 e. The molecule has 1 amide bonds. The molecule has 2 rings (SSSR count). The highest BCUT2D eigenvalue weighted by Crippen LogP contribution is 2.23. The quantitative estimate of drug-likeness (QED) is 0.854. The van der Waals surface area contributed by atoms with Gasteiger partial charge in [0.05, 0.1) is 17.3 Å². The summed E-state index contributed by atoms with van der Waals surface area (Å²) in [4.78, 5) is 14.1. The summed E-state index contributed by atoms with van der Waals surface area (Å²) in [6.45, 7) is 2.22. The fourth-order valence-electron chi connectivity index (χ4n) is 2.23. The number of nitrogens with zero attached hydrogens (tertiary/aromatic N) is 1. The highest BCUT2D eigenvalue weighted by Gasteiger charge is 2.26. The number of carbonyl (C=O) groups excluding carboxylic acids is 1. The predicted molar refractivity (Wildman–Crippen MR) is 71.8 cm³/mol. The number of carbonyl (C=O) groups is 1. The fraction of sp³-hybridized carbons (Fsp3) is 0.462. The third-order valence-corrected chi connectivity index (χ3v) is 3.55. The Morgan fingerprint density at radius 1 is 1.61 bits per heavy atom. The lowest BCUT2D eigenvalue weighted by Crippen LogP contribution is -2.29. The zero-order valence-electron chi connectivity index (χ0n) is 10.4. The molecule has 1 saturated heterocycles. The van der Waals surface area contributed by atoms with Crippen LogP contribution in [0.15, 0.2) is 18.2 Å². The van der Waals surface area contributed by atoms with E-state index in [1.165, 1.54) is 0 Å². The lowest BCUT2D eigenvalue weighted by Gasteiger charge is -2.16. The molecule has 1 atom stereocenters. The minimum atomic E-state index is 0.00973. The average Bonchev–Trinajstić information content (AvgIpc) is 2.81. The van der Waals surface area contributed by atoms with Crippen molar-refractivity contribution in [2.75, 3.05) is 32.5 Å². The van der Waals surface area contributed by atoms with Gasteiger partial charge in [-0.1, -0.05) is 11.6 Å². The van der Waals surface area contributed by atoms with E-state index < -0.39 is 0 Å². The third-order valence-electron chi connectivity index (χ3n) is 3.22. The fourth-order valence-corrected chi connectivity index (χ4v) is 2.41. The molecule has 1 aromatic carbocycles. The molecule has 1 aliphatic heterocycles. The Bertz CT molecular complexity index is 451. The first kappa shape index (κ1) is 13.2. The maximum absolute atomic E-state index is 12.2. The zero-order chi connectivity index (χ0) is 13.1. The Balaban J connectivity index is 2.05. The van der Waals surface area contributed by atoms with E-state index in [1.807, 2.05) is 4.90 Å². The molecule has 0 aliphatic carbocycles. The average molecular weight is 269 g/mol. The van der Waals surface area contributed by atoms with Crippen molar-refractivity contribution in [3.05, 3.63) is 28.8 Å². The van der Waals surface area contributed by atoms with Crippen molar-refractivity contribution in [3.63, 3.8) is 0 Å². The Labute approximate surface area is 112 Å². The van der Waals surface area contributed by atoms with Crippen LogP contribution in [0.4, 0.5) is 5.69 Å². The molecule has 0 aromatic heterocycles. The first-order valence-electron chi connectivity index (χ1n) is 5.95. The molecule has 0 radical (unpaired) electrons. The third kappa shape index (κ3) is 2.76. The predicted octanol–water partition coefficient (Wildman–Crippen LogP) is 2.03. The molecule has 18 heavy (non-hydrogen) atoms. The highest BCUT2D eigenvalue weighted by atomic mass is 35.5. The van der Waals surface area contributed by atoms with Crippen LogP contribution in [-0.2, 0) is 4.74 Å². The number of amides is 1. The van der Waals surface area contributed by atoms with E-state index >= 15 is 0 Å². The van der Waals surface area contributed by atoms with E-state index in [9.17, 15) is 4.79 Å². The molecular formula is C13H17ClN2O2. The van der Waals surface area contributed by atoms with Gasteiger partial charge >= 0.3 is 0 Å². The summed E-state index contributed by atoms with van der Waals surface area (Å²) < 4.78 is 5.12. The summed E-state index contributed by atoms with van der Waals surface area (Å²) in [6, 6.07) is 5.01. The molecule has 5 heteroatoms. The number of ether oxygens (including phenoxy) is 1. The van der Waals surface area contributed by atoms with Gasteiger partial charge in [0.25, 0.3) is 5.91 Å². The first-order chi connectivity index (χ1) is 8.61. The Morgan fingerprint density at radius 2 is 2.39 bits per heavy atom. The van der Waals surface area contributed by atoms with Gasteiger partial charge in [-0.2, -0.15) is 0 Å². The van der Waals surface area contributed by atoms with Crippen molar-refractivity contribution in [2.45, 2.75) is 6.42 Å². The summed E-state index contributed by atoms with van der Waals surface area (Å²) in [5, 5.41) is 0.425. The van der Waals surface area contributed by atoms with Gasteiger partial charge in [0, 0.05) is 31.7 Å². The number of hydrogen-bond acceptors (Lipinski definition) is 3. The number of methoxy groups -OCH3 is 1. The van der Waals surface area contributed by atoms with Gasteiger partial charge < -0.3 is 15.4 Å². The normalized spacial score (nSPS) is 19.2. The van der Waals surface area contributed by atoms with E-state index in [1.54, 1.807) is 25.3 Å². The van der Waals surface area contributed by atoms with Gasteiger partial charge in [-0.3, -0.25) is 4.79 Å². The first-order valence-corrected chi connectivity index (χ1v) is 6.33. The lowest BCUT2D eigenvalue weighted by molar-refractivity contribution is 0.0775. The Morgan fingerprint density at radius 3 is 3.06 bits per heavy atom. The summed E-state index contributed by atoms with van der Waals surface area (Å²) in [5.41, 5.74) is 6.71. The van der Waals surface area contributed by atoms with Crippen LogP contribution in [0.1, 0.15) is 16.8 Å². The van der Waals surface area contributed by atoms with E-state index in [0.717, 1.165) is 19.5 Å². The number of nitrogen functional groups attached to an aromatic ring is 1. The molecule has 2 N–H and O–H groups in total. The topological polar surface area (TPSA) is 55.6 Å². The lowest BCUT2D eigenvalue weighted by atomic mass is 10.1.